The van der Waals surface area contributed by atoms with Crippen LogP contribution in [0.4, 0.5) is 5.69 Å². The van der Waals surface area contributed by atoms with Crippen LogP contribution in [0.25, 0.3) is 0 Å². The van der Waals surface area contributed by atoms with E-state index in [2.05, 4.69) is 15.9 Å². The molecule has 0 aromatic heterocycles. The minimum absolute atomic E-state index is 0.657. The molecule has 1 saturated heterocycles. The number of benzene rings is 1. The summed E-state index contributed by atoms with van der Waals surface area (Å²) >= 11 is 9.49. The monoisotopic (exact) mass is 272 g/mol. The van der Waals surface area contributed by atoms with Gasteiger partial charge in [-0.1, -0.05) is 27.5 Å². The molecule has 0 unspecified atom stereocenters. The van der Waals surface area contributed by atoms with Crippen LogP contribution in [0.15, 0.2) is 22.7 Å². The number of amidine groups is 1. The van der Waals surface area contributed by atoms with E-state index in [1.807, 2.05) is 23.1 Å². The number of halogens is 2. The fourth-order valence-electron chi connectivity index (χ4n) is 1.63. The van der Waals surface area contributed by atoms with Crippen molar-refractivity contribution in [3.8, 4) is 0 Å². The lowest BCUT2D eigenvalue weighted by Gasteiger charge is -2.19. The van der Waals surface area contributed by atoms with Crippen molar-refractivity contribution in [3.05, 3.63) is 27.7 Å². The summed E-state index contributed by atoms with van der Waals surface area (Å²) in [4.78, 5) is 1.97. The van der Waals surface area contributed by atoms with Gasteiger partial charge in [-0.05, 0) is 24.6 Å². The van der Waals surface area contributed by atoms with Crippen LogP contribution < -0.4 is 4.90 Å². The Kier molecular flexibility index (Phi) is 2.79. The molecule has 14 heavy (non-hydrogen) atoms. The standard InChI is InChI=1S/C10H10BrClN2/c11-7-3-4-8(12)9(6-7)14-5-1-2-10(14)13/h3-4,6,13H,1-2,5H2. The molecule has 0 atom stereocenters. The zero-order valence-electron chi connectivity index (χ0n) is 7.56. The van der Waals surface area contributed by atoms with Crippen LogP contribution in [-0.2, 0) is 0 Å². The van der Waals surface area contributed by atoms with Crippen molar-refractivity contribution >= 4 is 39.1 Å². The lowest BCUT2D eigenvalue weighted by atomic mass is 10.3. The highest BCUT2D eigenvalue weighted by molar-refractivity contribution is 9.10. The van der Waals surface area contributed by atoms with Crippen LogP contribution in [0.3, 0.4) is 0 Å². The van der Waals surface area contributed by atoms with Crippen LogP contribution in [0.1, 0.15) is 12.8 Å². The van der Waals surface area contributed by atoms with Gasteiger partial charge in [-0.25, -0.2) is 0 Å². The summed E-state index contributed by atoms with van der Waals surface area (Å²) in [6, 6.07) is 5.72. The second-order valence-corrected chi connectivity index (χ2v) is 4.62. The fraction of sp³-hybridized carbons (Fsp3) is 0.300. The number of nitrogens with zero attached hydrogens (tertiary/aromatic N) is 1. The van der Waals surface area contributed by atoms with Crippen LogP contribution in [0.5, 0.6) is 0 Å². The third kappa shape index (κ3) is 1.79. The lowest BCUT2D eigenvalue weighted by molar-refractivity contribution is 0.956. The summed E-state index contributed by atoms with van der Waals surface area (Å²) < 4.78 is 0.997. The summed E-state index contributed by atoms with van der Waals surface area (Å²) in [5, 5.41) is 8.47. The lowest BCUT2D eigenvalue weighted by Crippen LogP contribution is -2.23. The number of hydrogen-bond acceptors (Lipinski definition) is 1. The Morgan fingerprint density at radius 3 is 2.86 bits per heavy atom. The summed E-state index contributed by atoms with van der Waals surface area (Å²) in [6.45, 7) is 0.898. The Labute approximate surface area is 96.5 Å². The molecule has 0 aliphatic carbocycles. The molecule has 4 heteroatoms. The molecule has 1 aromatic rings. The summed E-state index contributed by atoms with van der Waals surface area (Å²) in [7, 11) is 0. The van der Waals surface area contributed by atoms with E-state index in [0.29, 0.717) is 10.9 Å². The molecule has 0 radical (unpaired) electrons. The van der Waals surface area contributed by atoms with Crippen molar-refractivity contribution in [1.82, 2.24) is 0 Å². The van der Waals surface area contributed by atoms with E-state index < -0.39 is 0 Å². The molecule has 0 bridgehead atoms. The summed E-state index contributed by atoms with van der Waals surface area (Å²) in [5.74, 6) is 0.657. The minimum atomic E-state index is 0.657. The molecule has 1 heterocycles. The van der Waals surface area contributed by atoms with Crippen molar-refractivity contribution in [3.63, 3.8) is 0 Å². The van der Waals surface area contributed by atoms with Gasteiger partial charge in [-0.3, -0.25) is 5.41 Å². The highest BCUT2D eigenvalue weighted by Crippen LogP contribution is 2.31. The fourth-order valence-corrected chi connectivity index (χ4v) is 2.20. The topological polar surface area (TPSA) is 27.1 Å². The zero-order chi connectivity index (χ0) is 10.1. The molecule has 2 nitrogen and oxygen atoms in total. The largest absolute Gasteiger partial charge is 0.329 e. The molecule has 0 spiro atoms. The molecule has 1 N–H and O–H groups in total. The third-order valence-corrected chi connectivity index (χ3v) is 3.13. The van der Waals surface area contributed by atoms with Gasteiger partial charge in [0, 0.05) is 17.4 Å². The quantitative estimate of drug-likeness (QED) is 0.830. The normalized spacial score (nSPS) is 16.4. The Hall–Kier alpha value is -0.540. The van der Waals surface area contributed by atoms with Crippen LogP contribution in [0, 0.1) is 5.41 Å². The molecular weight excluding hydrogens is 263 g/mol. The van der Waals surface area contributed by atoms with Crippen molar-refractivity contribution in [2.45, 2.75) is 12.8 Å². The van der Waals surface area contributed by atoms with Crippen molar-refractivity contribution in [2.24, 2.45) is 0 Å². The highest BCUT2D eigenvalue weighted by atomic mass is 79.9. The number of anilines is 1. The molecule has 2 rings (SSSR count). The first-order chi connectivity index (χ1) is 6.68. The smallest absolute Gasteiger partial charge is 0.100 e. The molecule has 74 valence electrons. The number of rotatable bonds is 1. The maximum atomic E-state index is 7.76. The molecule has 1 aliphatic rings. The van der Waals surface area contributed by atoms with Gasteiger partial charge in [0.1, 0.15) is 5.84 Å². The molecule has 1 fully saturated rings. The van der Waals surface area contributed by atoms with Gasteiger partial charge >= 0.3 is 0 Å². The van der Waals surface area contributed by atoms with Gasteiger partial charge in [0.2, 0.25) is 0 Å². The minimum Gasteiger partial charge on any atom is -0.329 e. The van der Waals surface area contributed by atoms with E-state index in [1.165, 1.54) is 0 Å². The van der Waals surface area contributed by atoms with E-state index in [1.54, 1.807) is 0 Å². The summed E-state index contributed by atoms with van der Waals surface area (Å²) in [6.07, 6.45) is 1.89. The second kappa shape index (κ2) is 3.91. The molecule has 0 amide bonds. The Morgan fingerprint density at radius 2 is 2.21 bits per heavy atom. The van der Waals surface area contributed by atoms with Gasteiger partial charge in [0.25, 0.3) is 0 Å². The van der Waals surface area contributed by atoms with Gasteiger partial charge in [0.15, 0.2) is 0 Å². The van der Waals surface area contributed by atoms with Crippen molar-refractivity contribution in [2.75, 3.05) is 11.4 Å². The maximum Gasteiger partial charge on any atom is 0.100 e. The van der Waals surface area contributed by atoms with E-state index >= 15 is 0 Å². The number of hydrogen-bond donors (Lipinski definition) is 1. The van der Waals surface area contributed by atoms with Gasteiger partial charge in [0.05, 0.1) is 10.7 Å². The maximum absolute atomic E-state index is 7.76. The van der Waals surface area contributed by atoms with E-state index in [-0.39, 0.29) is 0 Å². The van der Waals surface area contributed by atoms with Crippen LogP contribution >= 0.6 is 27.5 Å². The van der Waals surface area contributed by atoms with Crippen LogP contribution in [0.2, 0.25) is 5.02 Å². The number of nitrogens with one attached hydrogen (secondary N) is 1. The van der Waals surface area contributed by atoms with E-state index in [0.717, 1.165) is 29.5 Å². The molecular formula is C10H10BrClN2. The van der Waals surface area contributed by atoms with Gasteiger partial charge < -0.3 is 4.90 Å². The highest BCUT2D eigenvalue weighted by Gasteiger charge is 2.20. The van der Waals surface area contributed by atoms with Crippen molar-refractivity contribution in [1.29, 1.82) is 5.41 Å². The van der Waals surface area contributed by atoms with Crippen molar-refractivity contribution < 1.29 is 0 Å². The zero-order valence-corrected chi connectivity index (χ0v) is 9.90. The Bertz CT molecular complexity index is 378. The molecule has 1 aromatic carbocycles. The Morgan fingerprint density at radius 1 is 1.43 bits per heavy atom. The average Bonchev–Trinajstić information content (AvgIpc) is 2.56. The van der Waals surface area contributed by atoms with Gasteiger partial charge in [-0.15, -0.1) is 0 Å². The summed E-state index contributed by atoms with van der Waals surface area (Å²) in [5.41, 5.74) is 0.934. The van der Waals surface area contributed by atoms with E-state index in [9.17, 15) is 0 Å². The van der Waals surface area contributed by atoms with Gasteiger partial charge in [-0.2, -0.15) is 0 Å². The predicted octanol–water partition coefficient (Wildman–Crippen LogP) is 3.68. The first kappa shape index (κ1) is 9.99. The second-order valence-electron chi connectivity index (χ2n) is 3.30. The predicted molar refractivity (Wildman–Crippen MR) is 63.5 cm³/mol. The molecule has 0 saturated carbocycles. The SMILES string of the molecule is N=C1CCCN1c1cc(Br)ccc1Cl. The first-order valence-corrected chi connectivity index (χ1v) is 5.65. The average molecular weight is 274 g/mol. The molecule has 1 aliphatic heterocycles. The Balaban J connectivity index is 2.39. The van der Waals surface area contributed by atoms with Crippen LogP contribution in [-0.4, -0.2) is 12.4 Å². The van der Waals surface area contributed by atoms with E-state index in [4.69, 9.17) is 17.0 Å². The first-order valence-electron chi connectivity index (χ1n) is 4.48. The third-order valence-electron chi connectivity index (χ3n) is 2.32.